The minimum atomic E-state index is 0.0866. The summed E-state index contributed by atoms with van der Waals surface area (Å²) in [5.74, 6) is 0. The fraction of sp³-hybridized carbons (Fsp3) is 0.357. The van der Waals surface area contributed by atoms with Crippen LogP contribution in [-0.4, -0.2) is 16.0 Å². The van der Waals surface area contributed by atoms with Crippen LogP contribution in [0.5, 0.6) is 0 Å². The molecule has 0 saturated heterocycles. The van der Waals surface area contributed by atoms with E-state index in [0.29, 0.717) is 0 Å². The Morgan fingerprint density at radius 1 is 1.33 bits per heavy atom. The molecule has 1 unspecified atom stereocenters. The first-order valence-corrected chi connectivity index (χ1v) is 7.30. The van der Waals surface area contributed by atoms with Crippen molar-refractivity contribution in [3.05, 3.63) is 47.8 Å². The van der Waals surface area contributed by atoms with Crippen LogP contribution in [0.1, 0.15) is 23.7 Å². The van der Waals surface area contributed by atoms with Crippen LogP contribution in [0.3, 0.4) is 0 Å². The summed E-state index contributed by atoms with van der Waals surface area (Å²) in [4.78, 5) is 1.27. The molecule has 1 aromatic carbocycles. The zero-order valence-corrected chi connectivity index (χ0v) is 11.7. The van der Waals surface area contributed by atoms with E-state index in [1.807, 2.05) is 24.0 Å². The molecule has 2 N–H and O–H groups in total. The fourth-order valence-electron chi connectivity index (χ4n) is 2.08. The van der Waals surface area contributed by atoms with Crippen LogP contribution in [0, 0.1) is 0 Å². The fourth-order valence-corrected chi connectivity index (χ4v) is 2.75. The Labute approximate surface area is 112 Å². The average Bonchev–Trinajstić information content (AvgIpc) is 2.81. The highest BCUT2D eigenvalue weighted by atomic mass is 32.2. The molecular formula is C14H19N3S. The summed E-state index contributed by atoms with van der Waals surface area (Å²) in [5.41, 5.74) is 8.77. The number of aryl methyl sites for hydroxylation is 2. The predicted molar refractivity (Wildman–Crippen MR) is 76.7 cm³/mol. The van der Waals surface area contributed by atoms with E-state index in [1.165, 1.54) is 16.2 Å². The molecule has 1 atom stereocenters. The summed E-state index contributed by atoms with van der Waals surface area (Å²) in [6, 6.07) is 10.5. The smallest absolute Gasteiger partial charge is 0.0492 e. The number of hydrogen-bond acceptors (Lipinski definition) is 3. The molecule has 0 aliphatic rings. The van der Waals surface area contributed by atoms with Gasteiger partial charge in [-0.2, -0.15) is 5.10 Å². The van der Waals surface area contributed by atoms with Gasteiger partial charge in [0.25, 0.3) is 0 Å². The van der Waals surface area contributed by atoms with E-state index in [4.69, 9.17) is 5.73 Å². The monoisotopic (exact) mass is 261 g/mol. The molecule has 0 aliphatic heterocycles. The third-order valence-electron chi connectivity index (χ3n) is 3.17. The zero-order valence-electron chi connectivity index (χ0n) is 10.8. The van der Waals surface area contributed by atoms with Crippen molar-refractivity contribution < 1.29 is 0 Å². The molecule has 1 aromatic heterocycles. The zero-order chi connectivity index (χ0) is 13.0. The lowest BCUT2D eigenvalue weighted by Gasteiger charge is -2.15. The van der Waals surface area contributed by atoms with Crippen LogP contribution < -0.4 is 5.73 Å². The highest BCUT2D eigenvalue weighted by Gasteiger charge is 2.11. The van der Waals surface area contributed by atoms with Crippen LogP contribution in [0.15, 0.2) is 41.4 Å². The molecule has 0 aliphatic carbocycles. The maximum atomic E-state index is 6.30. The molecule has 0 amide bonds. The van der Waals surface area contributed by atoms with E-state index < -0.39 is 0 Å². The maximum absolute atomic E-state index is 6.30. The SMILES string of the molecule is CSc1ccccc1C(N)CCc1ccnn1C. The summed E-state index contributed by atoms with van der Waals surface area (Å²) >= 11 is 1.75. The second-order valence-electron chi connectivity index (χ2n) is 4.33. The summed E-state index contributed by atoms with van der Waals surface area (Å²) in [6.07, 6.45) is 5.82. The summed E-state index contributed by atoms with van der Waals surface area (Å²) < 4.78 is 1.91. The van der Waals surface area contributed by atoms with Crippen LogP contribution >= 0.6 is 11.8 Å². The summed E-state index contributed by atoms with van der Waals surface area (Å²) in [7, 11) is 1.97. The van der Waals surface area contributed by atoms with Crippen molar-refractivity contribution in [2.24, 2.45) is 12.8 Å². The minimum absolute atomic E-state index is 0.0866. The third kappa shape index (κ3) is 2.94. The van der Waals surface area contributed by atoms with Gasteiger partial charge in [0.15, 0.2) is 0 Å². The normalized spacial score (nSPS) is 12.6. The van der Waals surface area contributed by atoms with Crippen LogP contribution in [0.4, 0.5) is 0 Å². The Morgan fingerprint density at radius 3 is 2.78 bits per heavy atom. The summed E-state index contributed by atoms with van der Waals surface area (Å²) in [5, 5.41) is 4.17. The molecule has 0 spiro atoms. The first kappa shape index (κ1) is 13.2. The van der Waals surface area contributed by atoms with E-state index in [0.717, 1.165) is 12.8 Å². The van der Waals surface area contributed by atoms with Crippen LogP contribution in [-0.2, 0) is 13.5 Å². The second kappa shape index (κ2) is 6.07. The lowest BCUT2D eigenvalue weighted by molar-refractivity contribution is 0.607. The molecule has 96 valence electrons. The van der Waals surface area contributed by atoms with Crippen molar-refractivity contribution >= 4 is 11.8 Å². The van der Waals surface area contributed by atoms with Crippen molar-refractivity contribution in [1.82, 2.24) is 9.78 Å². The van der Waals surface area contributed by atoms with Gasteiger partial charge in [-0.15, -0.1) is 11.8 Å². The molecule has 4 heteroatoms. The van der Waals surface area contributed by atoms with E-state index in [2.05, 4.69) is 35.6 Å². The Hall–Kier alpha value is -1.26. The van der Waals surface area contributed by atoms with Crippen molar-refractivity contribution in [3.63, 3.8) is 0 Å². The lowest BCUT2D eigenvalue weighted by Crippen LogP contribution is -2.13. The van der Waals surface area contributed by atoms with Crippen molar-refractivity contribution in [1.29, 1.82) is 0 Å². The summed E-state index contributed by atoms with van der Waals surface area (Å²) in [6.45, 7) is 0. The van der Waals surface area contributed by atoms with Crippen LogP contribution in [0.25, 0.3) is 0 Å². The number of nitrogens with zero attached hydrogens (tertiary/aromatic N) is 2. The molecule has 0 saturated carbocycles. The van der Waals surface area contributed by atoms with Gasteiger partial charge in [0, 0.05) is 29.9 Å². The Morgan fingerprint density at radius 2 is 2.11 bits per heavy atom. The number of aromatic nitrogens is 2. The molecule has 0 bridgehead atoms. The van der Waals surface area contributed by atoms with Gasteiger partial charge in [-0.05, 0) is 36.8 Å². The van der Waals surface area contributed by atoms with Gasteiger partial charge in [-0.25, -0.2) is 0 Å². The van der Waals surface area contributed by atoms with E-state index >= 15 is 0 Å². The van der Waals surface area contributed by atoms with Crippen molar-refractivity contribution in [3.8, 4) is 0 Å². The Bertz CT molecular complexity index is 507. The maximum Gasteiger partial charge on any atom is 0.0492 e. The van der Waals surface area contributed by atoms with Crippen molar-refractivity contribution in [2.75, 3.05) is 6.26 Å². The Balaban J connectivity index is 2.03. The standard InChI is InChI=1S/C14H19N3S/c1-17-11(9-10-16-17)7-8-13(15)12-5-3-4-6-14(12)18-2/h3-6,9-10,13H,7-8,15H2,1-2H3. The highest BCUT2D eigenvalue weighted by Crippen LogP contribution is 2.26. The molecule has 0 radical (unpaired) electrons. The quantitative estimate of drug-likeness (QED) is 0.842. The Kier molecular flexibility index (Phi) is 4.44. The van der Waals surface area contributed by atoms with Gasteiger partial charge in [-0.1, -0.05) is 18.2 Å². The lowest BCUT2D eigenvalue weighted by atomic mass is 10.0. The molecular weight excluding hydrogens is 242 g/mol. The second-order valence-corrected chi connectivity index (χ2v) is 5.18. The van der Waals surface area contributed by atoms with Gasteiger partial charge >= 0.3 is 0 Å². The first-order chi connectivity index (χ1) is 8.72. The molecule has 1 heterocycles. The van der Waals surface area contributed by atoms with Gasteiger partial charge in [0.2, 0.25) is 0 Å². The van der Waals surface area contributed by atoms with Gasteiger partial charge in [0.1, 0.15) is 0 Å². The van der Waals surface area contributed by atoms with Crippen LogP contribution in [0.2, 0.25) is 0 Å². The first-order valence-electron chi connectivity index (χ1n) is 6.07. The number of benzene rings is 1. The number of thioether (sulfide) groups is 1. The van der Waals surface area contributed by atoms with E-state index in [9.17, 15) is 0 Å². The molecule has 2 aromatic rings. The number of nitrogens with two attached hydrogens (primary N) is 1. The molecule has 0 fully saturated rings. The predicted octanol–water partition coefficient (Wildman–Crippen LogP) is 2.77. The highest BCUT2D eigenvalue weighted by molar-refractivity contribution is 7.98. The van der Waals surface area contributed by atoms with Crippen molar-refractivity contribution in [2.45, 2.75) is 23.8 Å². The van der Waals surface area contributed by atoms with E-state index in [-0.39, 0.29) is 6.04 Å². The van der Waals surface area contributed by atoms with Gasteiger partial charge < -0.3 is 5.73 Å². The largest absolute Gasteiger partial charge is 0.324 e. The van der Waals surface area contributed by atoms with E-state index in [1.54, 1.807) is 11.8 Å². The minimum Gasteiger partial charge on any atom is -0.324 e. The molecule has 18 heavy (non-hydrogen) atoms. The molecule has 2 rings (SSSR count). The average molecular weight is 261 g/mol. The third-order valence-corrected chi connectivity index (χ3v) is 3.98. The van der Waals surface area contributed by atoms with Gasteiger partial charge in [0.05, 0.1) is 0 Å². The molecule has 3 nitrogen and oxygen atoms in total. The number of rotatable bonds is 5. The van der Waals surface area contributed by atoms with Gasteiger partial charge in [-0.3, -0.25) is 4.68 Å². The number of hydrogen-bond donors (Lipinski definition) is 1. The topological polar surface area (TPSA) is 43.8 Å².